The fraction of sp³-hybridized carbons (Fsp3) is 0.458. The molecular formula is C24H31N5O. The molecule has 158 valence electrons. The second-order valence-electron chi connectivity index (χ2n) is 8.27. The number of piperidine rings is 1. The van der Waals surface area contributed by atoms with Crippen LogP contribution in [0.1, 0.15) is 43.4 Å². The van der Waals surface area contributed by atoms with Gasteiger partial charge in [0.2, 0.25) is 5.91 Å². The molecule has 0 unspecified atom stereocenters. The van der Waals surface area contributed by atoms with Gasteiger partial charge in [-0.15, -0.1) is 0 Å². The zero-order valence-electron chi connectivity index (χ0n) is 18.1. The molecule has 0 saturated carbocycles. The monoisotopic (exact) mass is 405 g/mol. The van der Waals surface area contributed by atoms with Gasteiger partial charge in [-0.2, -0.15) is 5.26 Å². The molecule has 1 aromatic heterocycles. The first kappa shape index (κ1) is 21.8. The molecule has 0 bridgehead atoms. The molecule has 1 amide bonds. The molecule has 2 heterocycles. The third-order valence-corrected chi connectivity index (χ3v) is 5.94. The average molecular weight is 406 g/mol. The number of amides is 1. The van der Waals surface area contributed by atoms with Crippen LogP contribution in [-0.2, 0) is 17.9 Å². The maximum atomic E-state index is 12.7. The van der Waals surface area contributed by atoms with Gasteiger partial charge >= 0.3 is 0 Å². The number of anilines is 1. The molecule has 1 saturated heterocycles. The van der Waals surface area contributed by atoms with Gasteiger partial charge in [0, 0.05) is 44.3 Å². The Hall–Kier alpha value is -2.91. The predicted molar refractivity (Wildman–Crippen MR) is 119 cm³/mol. The van der Waals surface area contributed by atoms with Crippen LogP contribution in [0.15, 0.2) is 42.6 Å². The normalized spacial score (nSPS) is 14.7. The Morgan fingerprint density at radius 3 is 2.53 bits per heavy atom. The highest BCUT2D eigenvalue weighted by molar-refractivity contribution is 5.79. The maximum Gasteiger partial charge on any atom is 0.223 e. The lowest BCUT2D eigenvalue weighted by molar-refractivity contribution is -0.125. The van der Waals surface area contributed by atoms with Crippen LogP contribution in [0.5, 0.6) is 0 Å². The molecule has 1 aliphatic heterocycles. The molecule has 1 fully saturated rings. The predicted octanol–water partition coefficient (Wildman–Crippen LogP) is 3.33. The van der Waals surface area contributed by atoms with Crippen LogP contribution in [0.25, 0.3) is 0 Å². The molecular weight excluding hydrogens is 374 g/mol. The highest BCUT2D eigenvalue weighted by atomic mass is 16.1. The number of nitrogens with zero attached hydrogens (tertiary/aromatic N) is 4. The lowest BCUT2D eigenvalue weighted by Gasteiger charge is -2.32. The Morgan fingerprint density at radius 2 is 1.93 bits per heavy atom. The van der Waals surface area contributed by atoms with Gasteiger partial charge in [-0.25, -0.2) is 4.98 Å². The fourth-order valence-corrected chi connectivity index (χ4v) is 3.67. The third-order valence-electron chi connectivity index (χ3n) is 5.94. The Bertz CT molecular complexity index is 879. The first-order chi connectivity index (χ1) is 14.5. The largest absolute Gasteiger partial charge is 0.357 e. The van der Waals surface area contributed by atoms with Crippen LogP contribution in [0.3, 0.4) is 0 Å². The van der Waals surface area contributed by atoms with Crippen molar-refractivity contribution in [3.8, 4) is 6.07 Å². The van der Waals surface area contributed by atoms with Crippen LogP contribution < -0.4 is 10.2 Å². The van der Waals surface area contributed by atoms with Gasteiger partial charge in [-0.1, -0.05) is 24.3 Å². The zero-order valence-corrected chi connectivity index (χ0v) is 18.1. The lowest BCUT2D eigenvalue weighted by atomic mass is 9.95. The average Bonchev–Trinajstić information content (AvgIpc) is 2.78. The number of benzene rings is 1. The summed E-state index contributed by atoms with van der Waals surface area (Å²) in [4.78, 5) is 21.6. The standard InChI is InChI=1S/C24H31N5O/c1-18(2)28(3)17-22-7-5-4-6-21(22)16-27-24(30)20-10-12-29(13-11-20)23-9-8-19(14-25)15-26-23/h4-9,15,18,20H,10-13,16-17H2,1-3H3,(H,27,30). The molecule has 1 aliphatic rings. The summed E-state index contributed by atoms with van der Waals surface area (Å²) in [6.07, 6.45) is 3.22. The van der Waals surface area contributed by atoms with Crippen LogP contribution in [0.2, 0.25) is 0 Å². The van der Waals surface area contributed by atoms with Crippen molar-refractivity contribution < 1.29 is 4.79 Å². The summed E-state index contributed by atoms with van der Waals surface area (Å²) in [5.74, 6) is 1.04. The van der Waals surface area contributed by atoms with E-state index in [0.717, 1.165) is 38.3 Å². The number of pyridine rings is 1. The second kappa shape index (κ2) is 10.2. The van der Waals surface area contributed by atoms with Crippen molar-refractivity contribution in [2.75, 3.05) is 25.0 Å². The molecule has 0 atom stereocenters. The topological polar surface area (TPSA) is 72.3 Å². The van der Waals surface area contributed by atoms with Gasteiger partial charge in [-0.05, 0) is 57.0 Å². The zero-order chi connectivity index (χ0) is 21.5. The van der Waals surface area contributed by atoms with E-state index in [4.69, 9.17) is 5.26 Å². The Kier molecular flexibility index (Phi) is 7.42. The van der Waals surface area contributed by atoms with Crippen molar-refractivity contribution in [3.63, 3.8) is 0 Å². The highest BCUT2D eigenvalue weighted by Crippen LogP contribution is 2.22. The smallest absolute Gasteiger partial charge is 0.223 e. The van der Waals surface area contributed by atoms with E-state index >= 15 is 0 Å². The summed E-state index contributed by atoms with van der Waals surface area (Å²) in [5, 5.41) is 12.1. The minimum Gasteiger partial charge on any atom is -0.357 e. The number of hydrogen-bond donors (Lipinski definition) is 1. The van der Waals surface area contributed by atoms with E-state index in [1.165, 1.54) is 11.1 Å². The number of rotatable bonds is 7. The fourth-order valence-electron chi connectivity index (χ4n) is 3.67. The molecule has 0 spiro atoms. The van der Waals surface area contributed by atoms with Gasteiger partial charge in [0.05, 0.1) is 5.56 Å². The van der Waals surface area contributed by atoms with E-state index in [0.29, 0.717) is 18.2 Å². The Balaban J connectivity index is 1.51. The second-order valence-corrected chi connectivity index (χ2v) is 8.27. The number of carbonyl (C=O) groups is 1. The van der Waals surface area contributed by atoms with Gasteiger partial charge < -0.3 is 10.2 Å². The summed E-state index contributed by atoms with van der Waals surface area (Å²) in [6.45, 7) is 7.41. The first-order valence-electron chi connectivity index (χ1n) is 10.6. The molecule has 1 aromatic carbocycles. The van der Waals surface area contributed by atoms with Crippen LogP contribution >= 0.6 is 0 Å². The minimum atomic E-state index is 0.0325. The molecule has 1 N–H and O–H groups in total. The number of carbonyl (C=O) groups excluding carboxylic acids is 1. The number of nitrogens with one attached hydrogen (secondary N) is 1. The third kappa shape index (κ3) is 5.58. The Labute approximate surface area is 179 Å². The maximum absolute atomic E-state index is 12.7. The van der Waals surface area contributed by atoms with Gasteiger partial charge in [0.25, 0.3) is 0 Å². The molecule has 2 aromatic rings. The molecule has 0 radical (unpaired) electrons. The quantitative estimate of drug-likeness (QED) is 0.765. The van der Waals surface area contributed by atoms with Crippen molar-refractivity contribution in [1.82, 2.24) is 15.2 Å². The SMILES string of the molecule is CC(C)N(C)Cc1ccccc1CNC(=O)C1CCN(c2ccc(C#N)cn2)CC1. The summed E-state index contributed by atoms with van der Waals surface area (Å²) < 4.78 is 0. The molecule has 0 aliphatic carbocycles. The number of aromatic nitrogens is 1. The Morgan fingerprint density at radius 1 is 1.23 bits per heavy atom. The lowest BCUT2D eigenvalue weighted by Crippen LogP contribution is -2.40. The van der Waals surface area contributed by atoms with Crippen molar-refractivity contribution in [3.05, 3.63) is 59.3 Å². The summed E-state index contributed by atoms with van der Waals surface area (Å²) in [7, 11) is 2.12. The van der Waals surface area contributed by atoms with Crippen molar-refractivity contribution in [2.45, 2.75) is 45.8 Å². The molecule has 30 heavy (non-hydrogen) atoms. The van der Waals surface area contributed by atoms with Crippen molar-refractivity contribution in [2.24, 2.45) is 5.92 Å². The van der Waals surface area contributed by atoms with E-state index < -0.39 is 0 Å². The molecule has 6 nitrogen and oxygen atoms in total. The number of nitriles is 1. The van der Waals surface area contributed by atoms with Crippen molar-refractivity contribution in [1.29, 1.82) is 5.26 Å². The van der Waals surface area contributed by atoms with Gasteiger partial charge in [-0.3, -0.25) is 9.69 Å². The van der Waals surface area contributed by atoms with E-state index in [1.54, 1.807) is 12.3 Å². The van der Waals surface area contributed by atoms with E-state index in [1.807, 2.05) is 12.1 Å². The van der Waals surface area contributed by atoms with Crippen LogP contribution in [0, 0.1) is 17.2 Å². The number of hydrogen-bond acceptors (Lipinski definition) is 5. The van der Waals surface area contributed by atoms with Crippen LogP contribution in [0.4, 0.5) is 5.82 Å². The summed E-state index contributed by atoms with van der Waals surface area (Å²) in [6, 6.07) is 14.6. The molecule has 6 heteroatoms. The van der Waals surface area contributed by atoms with Gasteiger partial charge in [0.1, 0.15) is 11.9 Å². The van der Waals surface area contributed by atoms with E-state index in [-0.39, 0.29) is 11.8 Å². The highest BCUT2D eigenvalue weighted by Gasteiger charge is 2.25. The minimum absolute atomic E-state index is 0.0325. The summed E-state index contributed by atoms with van der Waals surface area (Å²) >= 11 is 0. The van der Waals surface area contributed by atoms with Crippen LogP contribution in [-0.4, -0.2) is 42.0 Å². The summed E-state index contributed by atoms with van der Waals surface area (Å²) in [5.41, 5.74) is 3.00. The van der Waals surface area contributed by atoms with E-state index in [9.17, 15) is 4.79 Å². The molecule has 3 rings (SSSR count). The van der Waals surface area contributed by atoms with E-state index in [2.05, 4.69) is 65.3 Å². The first-order valence-corrected chi connectivity index (χ1v) is 10.6. The van der Waals surface area contributed by atoms with Gasteiger partial charge in [0.15, 0.2) is 0 Å². The van der Waals surface area contributed by atoms with Crippen molar-refractivity contribution >= 4 is 11.7 Å².